The van der Waals surface area contributed by atoms with E-state index in [1.54, 1.807) is 17.0 Å². The first-order chi connectivity index (χ1) is 16.8. The number of hydroxylamine groups is 1. The fraction of sp³-hybridized carbons (Fsp3) is 0.400. The van der Waals surface area contributed by atoms with Crippen LogP contribution in [-0.4, -0.2) is 48.9 Å². The monoisotopic (exact) mass is 504 g/mol. The van der Waals surface area contributed by atoms with Crippen molar-refractivity contribution in [3.63, 3.8) is 0 Å². The second-order valence-electron chi connectivity index (χ2n) is 8.55. The summed E-state index contributed by atoms with van der Waals surface area (Å²) in [6.07, 6.45) is 1.51. The van der Waals surface area contributed by atoms with E-state index in [9.17, 15) is 18.8 Å². The first-order valence-corrected chi connectivity index (χ1v) is 11.9. The number of nitrogens with zero attached hydrogens (tertiary/aromatic N) is 1. The summed E-state index contributed by atoms with van der Waals surface area (Å²) in [7, 11) is 0. The quantitative estimate of drug-likeness (QED) is 0.454. The SMILES string of the molecule is CCc1ccc(C(=O)NOCC2(C(=O)NCc3ccc(F)cc3Cl)CCN(C(=O)CN)CC2)cc1. The van der Waals surface area contributed by atoms with Gasteiger partial charge in [-0.1, -0.05) is 36.7 Å². The standard InChI is InChI=1S/C25H30ClFN4O4/c1-2-17-3-5-18(6-4-17)23(33)30-35-16-25(9-11-31(12-10-25)22(32)14-28)24(34)29-15-19-7-8-20(27)13-21(19)26/h3-8,13H,2,9-12,14-16,28H2,1H3,(H,29,34)(H,30,33). The van der Waals surface area contributed by atoms with Crippen molar-refractivity contribution in [3.8, 4) is 0 Å². The van der Waals surface area contributed by atoms with Gasteiger partial charge in [0.15, 0.2) is 0 Å². The molecule has 1 fully saturated rings. The number of aryl methyl sites for hydroxylation is 1. The second-order valence-corrected chi connectivity index (χ2v) is 8.96. The molecule has 0 bridgehead atoms. The van der Waals surface area contributed by atoms with E-state index < -0.39 is 17.1 Å². The Hall–Kier alpha value is -3.01. The van der Waals surface area contributed by atoms with Crippen LogP contribution in [0.1, 0.15) is 41.3 Å². The van der Waals surface area contributed by atoms with Crippen LogP contribution in [0.15, 0.2) is 42.5 Å². The molecule has 188 valence electrons. The summed E-state index contributed by atoms with van der Waals surface area (Å²) in [5.74, 6) is -1.38. The van der Waals surface area contributed by atoms with E-state index in [0.29, 0.717) is 37.1 Å². The maximum Gasteiger partial charge on any atom is 0.274 e. The lowest BCUT2D eigenvalue weighted by atomic mass is 9.78. The van der Waals surface area contributed by atoms with Crippen molar-refractivity contribution in [1.82, 2.24) is 15.7 Å². The Bertz CT molecular complexity index is 1060. The van der Waals surface area contributed by atoms with Crippen LogP contribution in [-0.2, 0) is 27.4 Å². The van der Waals surface area contributed by atoms with Gasteiger partial charge in [0.05, 0.1) is 18.6 Å². The zero-order valence-electron chi connectivity index (χ0n) is 19.6. The van der Waals surface area contributed by atoms with Gasteiger partial charge < -0.3 is 16.0 Å². The number of hydrogen-bond acceptors (Lipinski definition) is 5. The fourth-order valence-electron chi connectivity index (χ4n) is 3.97. The van der Waals surface area contributed by atoms with Crippen LogP contribution in [0.25, 0.3) is 0 Å². The van der Waals surface area contributed by atoms with Crippen molar-refractivity contribution in [1.29, 1.82) is 0 Å². The molecular weight excluding hydrogens is 475 g/mol. The summed E-state index contributed by atoms with van der Waals surface area (Å²) in [4.78, 5) is 44.9. The summed E-state index contributed by atoms with van der Waals surface area (Å²) in [6, 6.07) is 11.1. The number of benzene rings is 2. The first kappa shape index (κ1) is 26.6. The van der Waals surface area contributed by atoms with Crippen molar-refractivity contribution in [2.75, 3.05) is 26.2 Å². The van der Waals surface area contributed by atoms with Crippen LogP contribution in [0, 0.1) is 11.2 Å². The van der Waals surface area contributed by atoms with Crippen LogP contribution in [0.5, 0.6) is 0 Å². The third kappa shape index (κ3) is 6.78. The van der Waals surface area contributed by atoms with Crippen molar-refractivity contribution in [2.45, 2.75) is 32.7 Å². The van der Waals surface area contributed by atoms with Gasteiger partial charge in [-0.2, -0.15) is 0 Å². The van der Waals surface area contributed by atoms with E-state index in [0.717, 1.165) is 12.0 Å². The van der Waals surface area contributed by atoms with E-state index in [-0.39, 0.29) is 36.5 Å². The molecule has 0 unspecified atom stereocenters. The number of carbonyl (C=O) groups is 3. The number of halogens is 2. The predicted octanol–water partition coefficient (Wildman–Crippen LogP) is 2.59. The minimum absolute atomic E-state index is 0.0839. The van der Waals surface area contributed by atoms with Crippen LogP contribution < -0.4 is 16.5 Å². The van der Waals surface area contributed by atoms with Gasteiger partial charge in [-0.15, -0.1) is 0 Å². The topological polar surface area (TPSA) is 114 Å². The van der Waals surface area contributed by atoms with Gasteiger partial charge in [0, 0.05) is 30.2 Å². The number of nitrogens with one attached hydrogen (secondary N) is 2. The zero-order chi connectivity index (χ0) is 25.4. The van der Waals surface area contributed by atoms with Crippen LogP contribution in [0.3, 0.4) is 0 Å². The normalized spacial score (nSPS) is 14.9. The van der Waals surface area contributed by atoms with Gasteiger partial charge in [0.25, 0.3) is 5.91 Å². The highest BCUT2D eigenvalue weighted by atomic mass is 35.5. The highest BCUT2D eigenvalue weighted by molar-refractivity contribution is 6.31. The number of rotatable bonds is 9. The molecule has 2 aromatic rings. The molecule has 2 aromatic carbocycles. The molecule has 35 heavy (non-hydrogen) atoms. The molecule has 1 saturated heterocycles. The van der Waals surface area contributed by atoms with Crippen molar-refractivity contribution < 1.29 is 23.6 Å². The Morgan fingerprint density at radius 3 is 2.43 bits per heavy atom. The lowest BCUT2D eigenvalue weighted by Gasteiger charge is -2.40. The molecule has 4 N–H and O–H groups in total. The average Bonchev–Trinajstić information content (AvgIpc) is 2.87. The van der Waals surface area contributed by atoms with Crippen LogP contribution >= 0.6 is 11.6 Å². The van der Waals surface area contributed by atoms with Gasteiger partial charge in [-0.05, 0) is 54.7 Å². The summed E-state index contributed by atoms with van der Waals surface area (Å²) >= 11 is 6.08. The van der Waals surface area contributed by atoms with Crippen molar-refractivity contribution in [3.05, 3.63) is 70.0 Å². The molecule has 0 saturated carbocycles. The molecule has 0 aliphatic carbocycles. The average molecular weight is 505 g/mol. The minimum Gasteiger partial charge on any atom is -0.351 e. The smallest absolute Gasteiger partial charge is 0.274 e. The molecule has 1 heterocycles. The largest absolute Gasteiger partial charge is 0.351 e. The maximum absolute atomic E-state index is 13.3. The number of amides is 3. The lowest BCUT2D eigenvalue weighted by molar-refractivity contribution is -0.145. The van der Waals surface area contributed by atoms with E-state index in [2.05, 4.69) is 10.8 Å². The lowest BCUT2D eigenvalue weighted by Crippen LogP contribution is -2.53. The molecule has 0 spiro atoms. The Balaban J connectivity index is 1.66. The summed E-state index contributed by atoms with van der Waals surface area (Å²) < 4.78 is 13.3. The molecular formula is C25H30ClFN4O4. The van der Waals surface area contributed by atoms with E-state index in [1.165, 1.54) is 18.2 Å². The summed E-state index contributed by atoms with van der Waals surface area (Å²) in [5.41, 5.74) is 9.01. The molecule has 1 aliphatic heterocycles. The van der Waals surface area contributed by atoms with E-state index in [4.69, 9.17) is 22.2 Å². The zero-order valence-corrected chi connectivity index (χ0v) is 20.4. The molecule has 0 aromatic heterocycles. The van der Waals surface area contributed by atoms with Crippen molar-refractivity contribution in [2.24, 2.45) is 11.1 Å². The number of piperidine rings is 1. The first-order valence-electron chi connectivity index (χ1n) is 11.5. The third-order valence-corrected chi connectivity index (χ3v) is 6.67. The Morgan fingerprint density at radius 1 is 1.14 bits per heavy atom. The fourth-order valence-corrected chi connectivity index (χ4v) is 4.20. The minimum atomic E-state index is -0.989. The third-order valence-electron chi connectivity index (χ3n) is 6.32. The molecule has 10 heteroatoms. The van der Waals surface area contributed by atoms with E-state index in [1.807, 2.05) is 19.1 Å². The Morgan fingerprint density at radius 2 is 1.83 bits per heavy atom. The predicted molar refractivity (Wildman–Crippen MR) is 130 cm³/mol. The highest BCUT2D eigenvalue weighted by Gasteiger charge is 2.43. The number of likely N-dealkylation sites (tertiary alicyclic amines) is 1. The Kier molecular flexibility index (Phi) is 9.20. The second kappa shape index (κ2) is 12.1. The highest BCUT2D eigenvalue weighted by Crippen LogP contribution is 2.32. The van der Waals surface area contributed by atoms with Gasteiger partial charge in [0.2, 0.25) is 11.8 Å². The number of carbonyl (C=O) groups excluding carboxylic acids is 3. The van der Waals surface area contributed by atoms with Crippen LogP contribution in [0.2, 0.25) is 5.02 Å². The van der Waals surface area contributed by atoms with Gasteiger partial charge in [-0.3, -0.25) is 19.2 Å². The molecule has 3 rings (SSSR count). The molecule has 8 nitrogen and oxygen atoms in total. The van der Waals surface area contributed by atoms with Gasteiger partial charge >= 0.3 is 0 Å². The van der Waals surface area contributed by atoms with Gasteiger partial charge in [-0.25, -0.2) is 9.87 Å². The van der Waals surface area contributed by atoms with Crippen LogP contribution in [0.4, 0.5) is 4.39 Å². The van der Waals surface area contributed by atoms with E-state index >= 15 is 0 Å². The molecule has 0 radical (unpaired) electrons. The molecule has 3 amide bonds. The molecule has 0 atom stereocenters. The maximum atomic E-state index is 13.3. The summed E-state index contributed by atoms with van der Waals surface area (Å²) in [5, 5.41) is 3.05. The summed E-state index contributed by atoms with van der Waals surface area (Å²) in [6.45, 7) is 2.60. The Labute approximate surface area is 208 Å². The molecule has 1 aliphatic rings. The number of hydrogen-bond donors (Lipinski definition) is 3. The van der Waals surface area contributed by atoms with Crippen molar-refractivity contribution >= 4 is 29.3 Å². The number of nitrogens with two attached hydrogens (primary N) is 1. The van der Waals surface area contributed by atoms with Gasteiger partial charge in [0.1, 0.15) is 5.82 Å².